The number of rotatable bonds is 3. The fourth-order valence-electron chi connectivity index (χ4n) is 4.30. The molecule has 0 unspecified atom stereocenters. The van der Waals surface area contributed by atoms with Crippen molar-refractivity contribution in [1.29, 1.82) is 0 Å². The highest BCUT2D eigenvalue weighted by atomic mass is 19.1. The highest BCUT2D eigenvalue weighted by Crippen LogP contribution is 2.34. The van der Waals surface area contributed by atoms with E-state index in [-0.39, 0.29) is 28.1 Å². The summed E-state index contributed by atoms with van der Waals surface area (Å²) in [6.07, 6.45) is 8.38. The number of hydrogen-bond donors (Lipinski definition) is 2. The van der Waals surface area contributed by atoms with Crippen LogP contribution in [0.5, 0.6) is 5.75 Å². The molecular formula is C22H25FN6O. The second-order valence-electron chi connectivity index (χ2n) is 9.02. The van der Waals surface area contributed by atoms with Gasteiger partial charge >= 0.3 is 0 Å². The summed E-state index contributed by atoms with van der Waals surface area (Å²) in [4.78, 5) is 4.37. The lowest BCUT2D eigenvalue weighted by atomic mass is 9.79. The fourth-order valence-corrected chi connectivity index (χ4v) is 4.30. The van der Waals surface area contributed by atoms with Crippen molar-refractivity contribution >= 4 is 6.08 Å². The van der Waals surface area contributed by atoms with E-state index in [0.29, 0.717) is 11.5 Å². The fraction of sp³-hybridized carbons (Fsp3) is 0.364. The average molecular weight is 408 g/mol. The molecule has 0 bridgehead atoms. The van der Waals surface area contributed by atoms with Gasteiger partial charge in [-0.15, -0.1) is 10.2 Å². The molecule has 0 spiro atoms. The molecular weight excluding hydrogens is 383 g/mol. The first kappa shape index (κ1) is 20.2. The summed E-state index contributed by atoms with van der Waals surface area (Å²) in [5, 5.41) is 26.4. The van der Waals surface area contributed by atoms with Crippen LogP contribution in [0.15, 0.2) is 42.4 Å². The number of halogens is 1. The molecule has 1 aromatic carbocycles. The summed E-state index contributed by atoms with van der Waals surface area (Å²) < 4.78 is 15.9. The highest BCUT2D eigenvalue weighted by Gasteiger charge is 2.34. The number of phenolic OH excluding ortho intramolecular Hbond substituents is 1. The van der Waals surface area contributed by atoms with Crippen LogP contribution in [-0.4, -0.2) is 41.1 Å². The first-order chi connectivity index (χ1) is 14.1. The molecule has 0 saturated carbocycles. The number of aromatic nitrogens is 5. The molecule has 2 N–H and O–H groups in total. The molecule has 0 atom stereocenters. The minimum absolute atomic E-state index is 0.0133. The van der Waals surface area contributed by atoms with Crippen LogP contribution in [0.1, 0.15) is 46.4 Å². The standard InChI is InChI=1S/C22H25FN6O/c1-21(2)11-14(12-22(3,4)28-21)8-20-24-13-17(26-27-20)15-9-16(23)18(10-19(15)30)29-7-5-6-25-29/h5-10,13,28,30H,11-12H2,1-4H3. The van der Waals surface area contributed by atoms with Crippen LogP contribution in [0, 0.1) is 5.82 Å². The first-order valence-corrected chi connectivity index (χ1v) is 9.83. The van der Waals surface area contributed by atoms with Crippen LogP contribution in [0.2, 0.25) is 0 Å². The summed E-state index contributed by atoms with van der Waals surface area (Å²) in [5.74, 6) is -0.153. The lowest BCUT2D eigenvalue weighted by Gasteiger charge is -2.43. The Kier molecular flexibility index (Phi) is 4.89. The summed E-state index contributed by atoms with van der Waals surface area (Å²) in [6, 6.07) is 4.21. The van der Waals surface area contributed by atoms with Gasteiger partial charge in [-0.25, -0.2) is 14.1 Å². The van der Waals surface area contributed by atoms with Gasteiger partial charge in [0.05, 0.1) is 6.20 Å². The molecule has 0 amide bonds. The van der Waals surface area contributed by atoms with E-state index in [9.17, 15) is 9.50 Å². The summed E-state index contributed by atoms with van der Waals surface area (Å²) >= 11 is 0. The van der Waals surface area contributed by atoms with Gasteiger partial charge in [0.25, 0.3) is 0 Å². The molecule has 1 saturated heterocycles. The van der Waals surface area contributed by atoms with Gasteiger partial charge in [-0.1, -0.05) is 5.57 Å². The van der Waals surface area contributed by atoms with E-state index in [1.807, 2.05) is 6.08 Å². The SMILES string of the molecule is CC1(C)CC(=Cc2ncc(-c3cc(F)c(-n4cccn4)cc3O)nn2)CC(C)(C)N1. The van der Waals surface area contributed by atoms with Gasteiger partial charge in [-0.2, -0.15) is 5.10 Å². The van der Waals surface area contributed by atoms with Crippen LogP contribution in [0.25, 0.3) is 23.0 Å². The van der Waals surface area contributed by atoms with Crippen LogP contribution in [-0.2, 0) is 0 Å². The maximum atomic E-state index is 14.6. The van der Waals surface area contributed by atoms with Crippen molar-refractivity contribution in [2.75, 3.05) is 0 Å². The Morgan fingerprint density at radius 3 is 2.47 bits per heavy atom. The zero-order chi connectivity index (χ0) is 21.5. The smallest absolute Gasteiger partial charge is 0.174 e. The van der Waals surface area contributed by atoms with E-state index in [4.69, 9.17) is 0 Å². The summed E-state index contributed by atoms with van der Waals surface area (Å²) in [6.45, 7) is 8.70. The van der Waals surface area contributed by atoms with Gasteiger partial charge in [0, 0.05) is 35.1 Å². The summed E-state index contributed by atoms with van der Waals surface area (Å²) in [5.41, 5.74) is 1.90. The molecule has 1 fully saturated rings. The van der Waals surface area contributed by atoms with Crippen molar-refractivity contribution in [2.24, 2.45) is 0 Å². The predicted molar refractivity (Wildman–Crippen MR) is 113 cm³/mol. The van der Waals surface area contributed by atoms with Crippen molar-refractivity contribution < 1.29 is 9.50 Å². The van der Waals surface area contributed by atoms with E-state index in [1.54, 1.807) is 12.3 Å². The third-order valence-corrected chi connectivity index (χ3v) is 5.02. The Hall–Kier alpha value is -3.13. The van der Waals surface area contributed by atoms with Gasteiger partial charge in [0.1, 0.15) is 22.9 Å². The number of piperidine rings is 1. The number of nitrogens with one attached hydrogen (secondary N) is 1. The largest absolute Gasteiger partial charge is 0.507 e. The van der Waals surface area contributed by atoms with E-state index in [1.165, 1.54) is 34.8 Å². The molecule has 8 heteroatoms. The maximum Gasteiger partial charge on any atom is 0.174 e. The molecule has 3 heterocycles. The third kappa shape index (κ3) is 4.23. The topological polar surface area (TPSA) is 88.8 Å². The van der Waals surface area contributed by atoms with Gasteiger partial charge in [0.2, 0.25) is 0 Å². The zero-order valence-electron chi connectivity index (χ0n) is 17.5. The number of aromatic hydroxyl groups is 1. The quantitative estimate of drug-likeness (QED) is 0.683. The van der Waals surface area contributed by atoms with Gasteiger partial charge < -0.3 is 10.4 Å². The van der Waals surface area contributed by atoms with Crippen molar-refractivity contribution in [3.8, 4) is 22.7 Å². The lowest BCUT2D eigenvalue weighted by molar-refractivity contribution is 0.224. The molecule has 3 aromatic rings. The number of benzene rings is 1. The summed E-state index contributed by atoms with van der Waals surface area (Å²) in [7, 11) is 0. The van der Waals surface area contributed by atoms with E-state index < -0.39 is 5.82 Å². The second kappa shape index (κ2) is 7.28. The number of nitrogens with zero attached hydrogens (tertiary/aromatic N) is 5. The third-order valence-electron chi connectivity index (χ3n) is 5.02. The van der Waals surface area contributed by atoms with Crippen molar-refractivity contribution in [2.45, 2.75) is 51.6 Å². The molecule has 4 rings (SSSR count). The van der Waals surface area contributed by atoms with Crippen LogP contribution in [0.3, 0.4) is 0 Å². The maximum absolute atomic E-state index is 14.6. The van der Waals surface area contributed by atoms with E-state index in [0.717, 1.165) is 12.8 Å². The zero-order valence-corrected chi connectivity index (χ0v) is 17.5. The Bertz CT molecular complexity index is 1070. The monoisotopic (exact) mass is 408 g/mol. The Labute approximate surface area is 174 Å². The van der Waals surface area contributed by atoms with E-state index >= 15 is 0 Å². The number of phenols is 1. The molecule has 0 aliphatic carbocycles. The molecule has 1 aliphatic heterocycles. The Balaban J connectivity index is 1.61. The molecule has 30 heavy (non-hydrogen) atoms. The normalized spacial score (nSPS) is 17.7. The van der Waals surface area contributed by atoms with Crippen molar-refractivity contribution in [3.05, 3.63) is 54.0 Å². The first-order valence-electron chi connectivity index (χ1n) is 9.83. The Morgan fingerprint density at radius 2 is 1.87 bits per heavy atom. The minimum Gasteiger partial charge on any atom is -0.507 e. The van der Waals surface area contributed by atoms with Crippen molar-refractivity contribution in [1.82, 2.24) is 30.3 Å². The van der Waals surface area contributed by atoms with Gasteiger partial charge in [-0.3, -0.25) is 0 Å². The molecule has 7 nitrogen and oxygen atoms in total. The lowest BCUT2D eigenvalue weighted by Crippen LogP contribution is -2.55. The average Bonchev–Trinajstić information content (AvgIpc) is 3.16. The predicted octanol–water partition coefficient (Wildman–Crippen LogP) is 3.89. The molecule has 156 valence electrons. The van der Waals surface area contributed by atoms with Gasteiger partial charge in [0.15, 0.2) is 5.82 Å². The number of hydrogen-bond acceptors (Lipinski definition) is 6. The van der Waals surface area contributed by atoms with Crippen molar-refractivity contribution in [3.63, 3.8) is 0 Å². The second-order valence-corrected chi connectivity index (χ2v) is 9.02. The van der Waals surface area contributed by atoms with Crippen LogP contribution >= 0.6 is 0 Å². The molecule has 2 aromatic heterocycles. The molecule has 0 radical (unpaired) electrons. The van der Waals surface area contributed by atoms with Gasteiger partial charge in [-0.05, 0) is 58.7 Å². The Morgan fingerprint density at radius 1 is 1.13 bits per heavy atom. The molecule has 1 aliphatic rings. The highest BCUT2D eigenvalue weighted by molar-refractivity contribution is 5.68. The van der Waals surface area contributed by atoms with Crippen LogP contribution < -0.4 is 5.32 Å². The minimum atomic E-state index is -0.529. The van der Waals surface area contributed by atoms with E-state index in [2.05, 4.69) is 53.3 Å². The van der Waals surface area contributed by atoms with Crippen LogP contribution in [0.4, 0.5) is 4.39 Å².